The highest BCUT2D eigenvalue weighted by molar-refractivity contribution is 5.85. The summed E-state index contributed by atoms with van der Waals surface area (Å²) < 4.78 is 0. The van der Waals surface area contributed by atoms with E-state index in [1.807, 2.05) is 6.07 Å². The Morgan fingerprint density at radius 1 is 1.39 bits per heavy atom. The number of hydrogen-bond donors (Lipinski definition) is 2. The van der Waals surface area contributed by atoms with E-state index in [1.54, 1.807) is 18.2 Å². The topological polar surface area (TPSA) is 96.1 Å². The Balaban J connectivity index is 0.00000162. The van der Waals surface area contributed by atoms with Crippen LogP contribution in [-0.4, -0.2) is 22.1 Å². The summed E-state index contributed by atoms with van der Waals surface area (Å²) in [5.74, 6) is -1.46. The first-order chi connectivity index (χ1) is 8.08. The molecule has 95 valence electrons. The van der Waals surface area contributed by atoms with Crippen molar-refractivity contribution in [2.45, 2.75) is 12.5 Å². The van der Waals surface area contributed by atoms with Crippen molar-refractivity contribution < 1.29 is 15.0 Å². The van der Waals surface area contributed by atoms with Crippen LogP contribution in [0.2, 0.25) is 0 Å². The highest BCUT2D eigenvalue weighted by atomic mass is 35.5. The normalized spacial score (nSPS) is 11.8. The molecule has 1 atom stereocenters. The smallest absolute Gasteiger partial charge is 0.320 e. The number of halogens is 1. The third kappa shape index (κ3) is 2.88. The van der Waals surface area contributed by atoms with Crippen molar-refractivity contribution in [3.05, 3.63) is 35.9 Å². The molecule has 18 heavy (non-hydrogen) atoms. The summed E-state index contributed by atoms with van der Waals surface area (Å²) in [4.78, 5) is 14.6. The van der Waals surface area contributed by atoms with Crippen LogP contribution in [0, 0.1) is 0 Å². The van der Waals surface area contributed by atoms with Crippen LogP contribution in [0.25, 0.3) is 10.9 Å². The van der Waals surface area contributed by atoms with Gasteiger partial charge in [0.1, 0.15) is 6.04 Å². The molecule has 1 radical (unpaired) electrons. The van der Waals surface area contributed by atoms with Gasteiger partial charge in [0.05, 0.1) is 5.52 Å². The quantitative estimate of drug-likeness (QED) is 0.885. The largest absolute Gasteiger partial charge is 0.480 e. The van der Waals surface area contributed by atoms with Gasteiger partial charge in [-0.25, -0.2) is 4.98 Å². The van der Waals surface area contributed by atoms with Gasteiger partial charge in [-0.2, -0.15) is 0 Å². The number of carboxylic acids is 1. The summed E-state index contributed by atoms with van der Waals surface area (Å²) in [6.45, 7) is 0. The van der Waals surface area contributed by atoms with E-state index in [-0.39, 0.29) is 24.7 Å². The molecule has 2 aromatic rings. The van der Waals surface area contributed by atoms with Crippen LogP contribution in [0.4, 0.5) is 0 Å². The molecular weight excluding hydrogens is 256 g/mol. The van der Waals surface area contributed by atoms with E-state index < -0.39 is 12.0 Å². The van der Waals surface area contributed by atoms with Gasteiger partial charge < -0.3 is 10.8 Å². The van der Waals surface area contributed by atoms with E-state index in [4.69, 9.17) is 10.8 Å². The van der Waals surface area contributed by atoms with Crippen molar-refractivity contribution >= 4 is 29.3 Å². The van der Waals surface area contributed by atoms with Crippen molar-refractivity contribution in [1.29, 1.82) is 0 Å². The molecule has 2 rings (SSSR count). The number of rotatable bonds is 3. The van der Waals surface area contributed by atoms with Gasteiger partial charge >= 0.3 is 5.97 Å². The number of carbonyl (C=O) groups is 1. The third-order valence-electron chi connectivity index (χ3n) is 2.54. The second-order valence-corrected chi connectivity index (χ2v) is 3.79. The summed E-state index contributed by atoms with van der Waals surface area (Å²) in [6.07, 6.45) is 0.119. The number of para-hydroxylation sites is 1. The minimum atomic E-state index is -1.08. The van der Waals surface area contributed by atoms with Crippen molar-refractivity contribution in [3.8, 4) is 5.88 Å². The minimum absolute atomic E-state index is 0. The summed E-state index contributed by atoms with van der Waals surface area (Å²) >= 11 is 0. The molecule has 0 fully saturated rings. The lowest BCUT2D eigenvalue weighted by Gasteiger charge is -2.09. The van der Waals surface area contributed by atoms with Crippen LogP contribution in [0.1, 0.15) is 5.56 Å². The molecule has 0 saturated heterocycles. The number of aliphatic carboxylic acids is 1. The molecule has 0 amide bonds. The van der Waals surface area contributed by atoms with Gasteiger partial charge in [0.2, 0.25) is 0 Å². The highest BCUT2D eigenvalue weighted by Crippen LogP contribution is 2.22. The van der Waals surface area contributed by atoms with E-state index in [0.29, 0.717) is 11.1 Å². The average molecular weight is 268 g/mol. The predicted octanol–water partition coefficient (Wildman–Crippen LogP) is 1.75. The number of hydrogen-bond acceptors (Lipinski definition) is 3. The van der Waals surface area contributed by atoms with E-state index in [0.717, 1.165) is 5.39 Å². The van der Waals surface area contributed by atoms with Gasteiger partial charge in [0.25, 0.3) is 5.88 Å². The molecule has 0 aliphatic heterocycles. The lowest BCUT2D eigenvalue weighted by Crippen LogP contribution is -2.32. The van der Waals surface area contributed by atoms with Crippen molar-refractivity contribution in [2.75, 3.05) is 0 Å². The van der Waals surface area contributed by atoms with Gasteiger partial charge in [-0.05, 0) is 18.1 Å². The summed E-state index contributed by atoms with van der Waals surface area (Å²) in [6, 6.07) is 7.42. The van der Waals surface area contributed by atoms with E-state index in [2.05, 4.69) is 4.98 Å². The predicted molar refractivity (Wildman–Crippen MR) is 68.4 cm³/mol. The van der Waals surface area contributed by atoms with Crippen molar-refractivity contribution in [2.24, 2.45) is 5.73 Å². The zero-order chi connectivity index (χ0) is 12.4. The number of nitrogens with zero attached hydrogens (tertiary/aromatic N) is 1. The lowest BCUT2D eigenvalue weighted by atomic mass is 10.0. The Kier molecular flexibility index (Phi) is 4.47. The van der Waals surface area contributed by atoms with Crippen molar-refractivity contribution in [1.82, 2.24) is 4.98 Å². The van der Waals surface area contributed by atoms with Gasteiger partial charge in [-0.15, -0.1) is 12.4 Å². The molecule has 0 spiro atoms. The molecule has 1 aromatic heterocycles. The van der Waals surface area contributed by atoms with Crippen LogP contribution >= 0.6 is 12.4 Å². The molecule has 0 aliphatic carbocycles. The first kappa shape index (κ1) is 14.2. The molecule has 5 nitrogen and oxygen atoms in total. The second kappa shape index (κ2) is 5.66. The third-order valence-corrected chi connectivity index (χ3v) is 2.54. The lowest BCUT2D eigenvalue weighted by molar-refractivity contribution is -0.138. The minimum Gasteiger partial charge on any atom is -0.480 e. The van der Waals surface area contributed by atoms with Crippen LogP contribution in [-0.2, 0) is 16.3 Å². The molecule has 1 unspecified atom stereocenters. The van der Waals surface area contributed by atoms with Crippen LogP contribution < -0.4 is 5.73 Å². The van der Waals surface area contributed by atoms with Gasteiger partial charge in [0.15, 0.2) is 0 Å². The summed E-state index contributed by atoms with van der Waals surface area (Å²) in [7, 11) is 0. The molecule has 6 heteroatoms. The Bertz CT molecular complexity index is 574. The van der Waals surface area contributed by atoms with E-state index >= 15 is 0 Å². The second-order valence-electron chi connectivity index (χ2n) is 3.79. The number of fused-ring (bicyclic) bond motifs is 1. The zero-order valence-corrected chi connectivity index (χ0v) is 10.2. The van der Waals surface area contributed by atoms with Crippen LogP contribution in [0.3, 0.4) is 0 Å². The highest BCUT2D eigenvalue weighted by Gasteiger charge is 2.15. The van der Waals surface area contributed by atoms with E-state index in [1.165, 1.54) is 6.07 Å². The number of pyridine rings is 1. The van der Waals surface area contributed by atoms with Gasteiger partial charge in [-0.1, -0.05) is 18.2 Å². The first-order valence-corrected chi connectivity index (χ1v) is 5.12. The maximum Gasteiger partial charge on any atom is 0.320 e. The molecule has 1 heterocycles. The monoisotopic (exact) mass is 267 g/mol. The van der Waals surface area contributed by atoms with Crippen molar-refractivity contribution in [3.63, 3.8) is 0 Å². The van der Waals surface area contributed by atoms with E-state index in [9.17, 15) is 9.90 Å². The maximum atomic E-state index is 11.4. The number of nitrogens with two attached hydrogens (primary N) is 1. The molecule has 0 aliphatic rings. The van der Waals surface area contributed by atoms with Crippen LogP contribution in [0.15, 0.2) is 30.3 Å². The molecule has 3 N–H and O–H groups in total. The van der Waals surface area contributed by atoms with Gasteiger partial charge in [-0.3, -0.25) is 9.90 Å². The Morgan fingerprint density at radius 3 is 2.72 bits per heavy atom. The Labute approximate surface area is 110 Å². The molecule has 0 bridgehead atoms. The first-order valence-electron chi connectivity index (χ1n) is 5.12. The Hall–Kier alpha value is -1.85. The average Bonchev–Trinajstić information content (AvgIpc) is 2.28. The van der Waals surface area contributed by atoms with Crippen LogP contribution in [0.5, 0.6) is 5.88 Å². The fraction of sp³-hybridized carbons (Fsp3) is 0.167. The molecule has 1 aromatic carbocycles. The summed E-state index contributed by atoms with van der Waals surface area (Å²) in [5.41, 5.74) is 6.65. The zero-order valence-electron chi connectivity index (χ0n) is 9.37. The fourth-order valence-corrected chi connectivity index (χ4v) is 1.71. The SMILES string of the molecule is Cl.NC(Cc1cc([O])nc2ccccc12)C(=O)O. The number of carboxylic acid groups (broad SMARTS) is 1. The Morgan fingerprint density at radius 2 is 2.06 bits per heavy atom. The van der Waals surface area contributed by atoms with Gasteiger partial charge in [0, 0.05) is 11.5 Å². The number of benzene rings is 1. The fourth-order valence-electron chi connectivity index (χ4n) is 1.71. The maximum absolute atomic E-state index is 11.4. The molecule has 0 saturated carbocycles. The summed E-state index contributed by atoms with van der Waals surface area (Å²) in [5, 5.41) is 20.9. The number of aromatic nitrogens is 1. The standard InChI is InChI=1S/C12H11N2O3.ClH/c13-9(12(16)17)5-7-6-11(15)14-10-4-2-1-3-8(7)10;/h1-4,6,9H,5,13H2,(H,16,17);1H. The molecular formula is C12H12ClN2O3.